The summed E-state index contributed by atoms with van der Waals surface area (Å²) in [5.74, 6) is -0.0927. The first kappa shape index (κ1) is 33.4. The molecule has 1 saturated heterocycles. The highest BCUT2D eigenvalue weighted by atomic mass is 16.7. The van der Waals surface area contributed by atoms with E-state index in [4.69, 9.17) is 9.57 Å². The van der Waals surface area contributed by atoms with E-state index in [1.54, 1.807) is 13.8 Å². The number of rotatable bonds is 20. The Morgan fingerprint density at radius 1 is 0.833 bits per heavy atom. The zero-order valence-corrected chi connectivity index (χ0v) is 25.1. The van der Waals surface area contributed by atoms with Gasteiger partial charge in [-0.3, -0.25) is 9.63 Å². The van der Waals surface area contributed by atoms with Gasteiger partial charge in [0.05, 0.1) is 17.7 Å². The quantitative estimate of drug-likeness (QED) is 0.131. The summed E-state index contributed by atoms with van der Waals surface area (Å²) in [6.07, 6.45) is 21.8. The van der Waals surface area contributed by atoms with E-state index >= 15 is 0 Å². The molecule has 1 aliphatic heterocycles. The first-order valence-electron chi connectivity index (χ1n) is 15.3. The average Bonchev–Trinajstić information content (AvgIpc) is 2.77. The Labute approximate surface area is 224 Å². The lowest BCUT2D eigenvalue weighted by molar-refractivity contribution is -0.316. The summed E-state index contributed by atoms with van der Waals surface area (Å²) >= 11 is 0. The molecule has 1 atom stereocenters. The minimum absolute atomic E-state index is 0.0927. The predicted molar refractivity (Wildman–Crippen MR) is 151 cm³/mol. The maximum atomic E-state index is 12.6. The third-order valence-electron chi connectivity index (χ3n) is 7.68. The first-order chi connectivity index (χ1) is 16.9. The molecule has 214 valence electrons. The SMILES string of the molecule is CCCCCCCCCCCCCCCCCC(=O)OC1CCC(C)(C)N(OCC(C)(C)O)C1(C)C. The van der Waals surface area contributed by atoms with Gasteiger partial charge in [0.25, 0.3) is 0 Å². The molecule has 0 spiro atoms. The number of aliphatic hydroxyl groups is 1. The van der Waals surface area contributed by atoms with Crippen LogP contribution in [-0.4, -0.2) is 45.5 Å². The lowest BCUT2D eigenvalue weighted by atomic mass is 9.79. The van der Waals surface area contributed by atoms with Gasteiger partial charge in [-0.15, -0.1) is 0 Å². The van der Waals surface area contributed by atoms with Crippen molar-refractivity contribution in [2.24, 2.45) is 0 Å². The van der Waals surface area contributed by atoms with Crippen molar-refractivity contribution in [3.63, 3.8) is 0 Å². The van der Waals surface area contributed by atoms with Crippen molar-refractivity contribution in [2.75, 3.05) is 6.61 Å². The zero-order chi connectivity index (χ0) is 27.1. The Balaban J connectivity index is 2.16. The van der Waals surface area contributed by atoms with Crippen LogP contribution in [0, 0.1) is 0 Å². The third kappa shape index (κ3) is 13.8. The summed E-state index contributed by atoms with van der Waals surface area (Å²) in [4.78, 5) is 18.7. The van der Waals surface area contributed by atoms with Gasteiger partial charge >= 0.3 is 5.97 Å². The molecule has 0 bridgehead atoms. The number of hydroxylamine groups is 2. The molecule has 1 aliphatic rings. The second-order valence-electron chi connectivity index (χ2n) is 13.1. The molecule has 1 fully saturated rings. The minimum Gasteiger partial charge on any atom is -0.460 e. The fourth-order valence-electron chi connectivity index (χ4n) is 5.47. The second kappa shape index (κ2) is 17.0. The van der Waals surface area contributed by atoms with Gasteiger partial charge in [0.15, 0.2) is 0 Å². The van der Waals surface area contributed by atoms with Crippen LogP contribution in [-0.2, 0) is 14.4 Å². The number of piperidine rings is 1. The lowest BCUT2D eigenvalue weighted by Gasteiger charge is -2.54. The van der Waals surface area contributed by atoms with Crippen LogP contribution < -0.4 is 0 Å². The molecule has 1 N–H and O–H groups in total. The van der Waals surface area contributed by atoms with Crippen molar-refractivity contribution < 1.29 is 19.5 Å². The van der Waals surface area contributed by atoms with E-state index in [0.29, 0.717) is 6.42 Å². The molecule has 1 heterocycles. The summed E-state index contributed by atoms with van der Waals surface area (Å²) < 4.78 is 5.96. The van der Waals surface area contributed by atoms with Gasteiger partial charge in [-0.1, -0.05) is 96.8 Å². The maximum Gasteiger partial charge on any atom is 0.306 e. The maximum absolute atomic E-state index is 12.6. The van der Waals surface area contributed by atoms with Crippen LogP contribution in [0.4, 0.5) is 0 Å². The van der Waals surface area contributed by atoms with Gasteiger partial charge in [-0.25, -0.2) is 0 Å². The summed E-state index contributed by atoms with van der Waals surface area (Å²) in [5, 5.41) is 12.1. The van der Waals surface area contributed by atoms with Gasteiger partial charge < -0.3 is 9.84 Å². The Morgan fingerprint density at radius 2 is 1.28 bits per heavy atom. The van der Waals surface area contributed by atoms with Gasteiger partial charge in [0.2, 0.25) is 0 Å². The zero-order valence-electron chi connectivity index (χ0n) is 25.1. The van der Waals surface area contributed by atoms with E-state index in [-0.39, 0.29) is 24.2 Å². The monoisotopic (exact) mass is 511 g/mol. The molecular weight excluding hydrogens is 450 g/mol. The number of hydrogen-bond donors (Lipinski definition) is 1. The summed E-state index contributed by atoms with van der Waals surface area (Å²) in [6.45, 7) is 14.4. The average molecular weight is 512 g/mol. The van der Waals surface area contributed by atoms with Crippen LogP contribution in [0.15, 0.2) is 0 Å². The van der Waals surface area contributed by atoms with Gasteiger partial charge in [0, 0.05) is 12.0 Å². The number of esters is 1. The Morgan fingerprint density at radius 3 is 1.72 bits per heavy atom. The number of nitrogens with zero attached hydrogens (tertiary/aromatic N) is 1. The van der Waals surface area contributed by atoms with Crippen LogP contribution in [0.3, 0.4) is 0 Å². The van der Waals surface area contributed by atoms with Crippen molar-refractivity contribution >= 4 is 5.97 Å². The smallest absolute Gasteiger partial charge is 0.306 e. The van der Waals surface area contributed by atoms with Crippen molar-refractivity contribution in [3.05, 3.63) is 0 Å². The molecule has 0 radical (unpaired) electrons. The fraction of sp³-hybridized carbons (Fsp3) is 0.968. The highest BCUT2D eigenvalue weighted by Gasteiger charge is 2.50. The van der Waals surface area contributed by atoms with Crippen LogP contribution >= 0.6 is 0 Å². The van der Waals surface area contributed by atoms with Crippen molar-refractivity contribution in [1.82, 2.24) is 5.06 Å². The molecule has 0 aromatic rings. The molecule has 5 nitrogen and oxygen atoms in total. The molecule has 0 saturated carbocycles. The molecule has 0 aliphatic carbocycles. The topological polar surface area (TPSA) is 59.0 Å². The molecule has 0 amide bonds. The predicted octanol–water partition coefficient (Wildman–Crippen LogP) is 8.52. The molecule has 1 unspecified atom stereocenters. The van der Waals surface area contributed by atoms with E-state index in [9.17, 15) is 9.90 Å². The van der Waals surface area contributed by atoms with E-state index in [0.717, 1.165) is 25.7 Å². The molecule has 5 heteroatoms. The van der Waals surface area contributed by atoms with Gasteiger partial charge in [0.1, 0.15) is 6.10 Å². The number of unbranched alkanes of at least 4 members (excludes halogenated alkanes) is 14. The largest absolute Gasteiger partial charge is 0.460 e. The summed E-state index contributed by atoms with van der Waals surface area (Å²) in [7, 11) is 0. The van der Waals surface area contributed by atoms with Gasteiger partial charge in [-0.05, 0) is 60.8 Å². The van der Waals surface area contributed by atoms with Crippen molar-refractivity contribution in [1.29, 1.82) is 0 Å². The molecular formula is C31H61NO4. The number of carbonyl (C=O) groups excluding carboxylic acids is 1. The Hall–Kier alpha value is -0.650. The second-order valence-corrected chi connectivity index (χ2v) is 13.1. The van der Waals surface area contributed by atoms with E-state index < -0.39 is 11.1 Å². The summed E-state index contributed by atoms with van der Waals surface area (Å²) in [5.41, 5.74) is -1.56. The highest BCUT2D eigenvalue weighted by molar-refractivity contribution is 5.69. The minimum atomic E-state index is -0.913. The molecule has 0 aromatic carbocycles. The van der Waals surface area contributed by atoms with Crippen molar-refractivity contribution in [2.45, 2.75) is 187 Å². The van der Waals surface area contributed by atoms with Crippen LogP contribution in [0.5, 0.6) is 0 Å². The summed E-state index contributed by atoms with van der Waals surface area (Å²) in [6, 6.07) is 0. The Kier molecular flexibility index (Phi) is 15.8. The standard InChI is InChI=1S/C31H61NO4/c1-8-9-10-11-12-13-14-15-16-17-18-19-20-21-22-23-28(33)36-27-24-25-29(2,3)32(31(27,6)7)35-26-30(4,5)34/h27,34H,8-26H2,1-7H3. The number of carbonyl (C=O) groups is 1. The van der Waals surface area contributed by atoms with E-state index in [1.807, 2.05) is 5.06 Å². The van der Waals surface area contributed by atoms with E-state index in [1.165, 1.54) is 83.5 Å². The molecule has 36 heavy (non-hydrogen) atoms. The van der Waals surface area contributed by atoms with Crippen LogP contribution in [0.1, 0.15) is 164 Å². The lowest BCUT2D eigenvalue weighted by Crippen LogP contribution is -2.65. The molecule has 0 aromatic heterocycles. The third-order valence-corrected chi connectivity index (χ3v) is 7.68. The van der Waals surface area contributed by atoms with Gasteiger partial charge in [-0.2, -0.15) is 5.06 Å². The number of hydrogen-bond acceptors (Lipinski definition) is 5. The van der Waals surface area contributed by atoms with Crippen molar-refractivity contribution in [3.8, 4) is 0 Å². The van der Waals surface area contributed by atoms with Crippen LogP contribution in [0.2, 0.25) is 0 Å². The Bertz CT molecular complexity index is 582. The fourth-order valence-corrected chi connectivity index (χ4v) is 5.47. The van der Waals surface area contributed by atoms with Crippen LogP contribution in [0.25, 0.3) is 0 Å². The first-order valence-corrected chi connectivity index (χ1v) is 15.3. The highest BCUT2D eigenvalue weighted by Crippen LogP contribution is 2.40. The number of ether oxygens (including phenoxy) is 1. The van der Waals surface area contributed by atoms with E-state index in [2.05, 4.69) is 34.6 Å². The molecule has 1 rings (SSSR count). The normalized spacial score (nSPS) is 19.9.